The molecule has 2 nitrogen and oxygen atoms in total. The smallest absolute Gasteiger partial charge is 0.0503 e. The molecule has 2 rings (SSSR count). The molecule has 19 heavy (non-hydrogen) atoms. The van der Waals surface area contributed by atoms with E-state index in [-0.39, 0.29) is 6.04 Å². The first-order chi connectivity index (χ1) is 9.10. The van der Waals surface area contributed by atoms with Gasteiger partial charge in [0.1, 0.15) is 0 Å². The van der Waals surface area contributed by atoms with Crippen molar-refractivity contribution in [1.29, 1.82) is 0 Å². The van der Waals surface area contributed by atoms with Gasteiger partial charge in [0.2, 0.25) is 0 Å². The van der Waals surface area contributed by atoms with Gasteiger partial charge in [0.05, 0.1) is 6.04 Å². The Kier molecular flexibility index (Phi) is 5.16. The van der Waals surface area contributed by atoms with Crippen LogP contribution in [-0.2, 0) is 6.42 Å². The maximum absolute atomic E-state index is 5.73. The van der Waals surface area contributed by atoms with E-state index in [2.05, 4.69) is 80.6 Å². The van der Waals surface area contributed by atoms with Crippen LogP contribution in [0.15, 0.2) is 51.4 Å². The summed E-state index contributed by atoms with van der Waals surface area (Å²) in [5.74, 6) is 5.73. The number of rotatable bonds is 4. The molecule has 3 N–H and O–H groups in total. The number of nitrogens with two attached hydrogens (primary N) is 1. The molecule has 0 saturated carbocycles. The summed E-state index contributed by atoms with van der Waals surface area (Å²) >= 11 is 6.96. The molecule has 0 aliphatic carbocycles. The highest BCUT2D eigenvalue weighted by atomic mass is 79.9. The molecule has 0 aliphatic heterocycles. The topological polar surface area (TPSA) is 38.0 Å². The van der Waals surface area contributed by atoms with Gasteiger partial charge >= 0.3 is 0 Å². The molecule has 0 spiro atoms. The first-order valence-corrected chi connectivity index (χ1v) is 7.65. The zero-order valence-electron chi connectivity index (χ0n) is 10.7. The SMILES string of the molecule is Cc1ccc(Br)cc1C(Cc1ccc(Br)cc1)NN. The van der Waals surface area contributed by atoms with Crippen LogP contribution in [0.4, 0.5) is 0 Å². The molecule has 0 heterocycles. The molecular formula is C15H16Br2N2. The number of halogens is 2. The summed E-state index contributed by atoms with van der Waals surface area (Å²) in [6, 6.07) is 14.7. The van der Waals surface area contributed by atoms with Gasteiger partial charge in [-0.25, -0.2) is 0 Å². The summed E-state index contributed by atoms with van der Waals surface area (Å²) in [6.45, 7) is 2.10. The van der Waals surface area contributed by atoms with Gasteiger partial charge in [-0.05, 0) is 54.3 Å². The molecule has 1 atom stereocenters. The van der Waals surface area contributed by atoms with Crippen LogP contribution in [0, 0.1) is 6.92 Å². The van der Waals surface area contributed by atoms with E-state index in [1.807, 2.05) is 6.07 Å². The number of nitrogens with one attached hydrogen (secondary N) is 1. The predicted molar refractivity (Wildman–Crippen MR) is 86.8 cm³/mol. The van der Waals surface area contributed by atoms with Crippen molar-refractivity contribution >= 4 is 31.9 Å². The molecule has 0 fully saturated rings. The highest BCUT2D eigenvalue weighted by Crippen LogP contribution is 2.25. The van der Waals surface area contributed by atoms with Crippen LogP contribution in [0.3, 0.4) is 0 Å². The van der Waals surface area contributed by atoms with Crippen molar-refractivity contribution in [3.05, 3.63) is 68.1 Å². The number of hydrazine groups is 1. The number of hydrogen-bond donors (Lipinski definition) is 2. The summed E-state index contributed by atoms with van der Waals surface area (Å²) in [5, 5.41) is 0. The third kappa shape index (κ3) is 3.89. The fourth-order valence-corrected chi connectivity index (χ4v) is 2.74. The highest BCUT2D eigenvalue weighted by molar-refractivity contribution is 9.10. The van der Waals surface area contributed by atoms with Crippen molar-refractivity contribution in [2.24, 2.45) is 5.84 Å². The molecular weight excluding hydrogens is 368 g/mol. The minimum absolute atomic E-state index is 0.110. The molecule has 0 saturated heterocycles. The molecule has 0 aliphatic rings. The van der Waals surface area contributed by atoms with E-state index < -0.39 is 0 Å². The van der Waals surface area contributed by atoms with Gasteiger partial charge in [-0.1, -0.05) is 50.1 Å². The Morgan fingerprint density at radius 3 is 2.32 bits per heavy atom. The third-order valence-electron chi connectivity index (χ3n) is 3.17. The van der Waals surface area contributed by atoms with Crippen LogP contribution in [0.25, 0.3) is 0 Å². The van der Waals surface area contributed by atoms with Gasteiger partial charge in [0.25, 0.3) is 0 Å². The van der Waals surface area contributed by atoms with E-state index in [1.165, 1.54) is 16.7 Å². The van der Waals surface area contributed by atoms with Gasteiger partial charge in [0.15, 0.2) is 0 Å². The van der Waals surface area contributed by atoms with Crippen molar-refractivity contribution in [2.75, 3.05) is 0 Å². The molecule has 0 amide bonds. The maximum atomic E-state index is 5.73. The Morgan fingerprint density at radius 1 is 1.05 bits per heavy atom. The van der Waals surface area contributed by atoms with Crippen LogP contribution >= 0.6 is 31.9 Å². The Balaban J connectivity index is 2.24. The van der Waals surface area contributed by atoms with Crippen molar-refractivity contribution in [3.8, 4) is 0 Å². The van der Waals surface area contributed by atoms with Crippen LogP contribution in [0.1, 0.15) is 22.7 Å². The second kappa shape index (κ2) is 6.66. The van der Waals surface area contributed by atoms with Crippen LogP contribution in [-0.4, -0.2) is 0 Å². The lowest BCUT2D eigenvalue weighted by Crippen LogP contribution is -2.30. The van der Waals surface area contributed by atoms with E-state index in [9.17, 15) is 0 Å². The van der Waals surface area contributed by atoms with Gasteiger partial charge in [0, 0.05) is 8.95 Å². The van der Waals surface area contributed by atoms with Gasteiger partial charge in [-0.3, -0.25) is 11.3 Å². The average Bonchev–Trinajstić information content (AvgIpc) is 2.41. The van der Waals surface area contributed by atoms with E-state index in [1.54, 1.807) is 0 Å². The van der Waals surface area contributed by atoms with Crippen LogP contribution in [0.5, 0.6) is 0 Å². The quantitative estimate of drug-likeness (QED) is 0.611. The molecule has 1 unspecified atom stereocenters. The van der Waals surface area contributed by atoms with Gasteiger partial charge in [-0.15, -0.1) is 0 Å². The summed E-state index contributed by atoms with van der Waals surface area (Å²) in [6.07, 6.45) is 0.862. The maximum Gasteiger partial charge on any atom is 0.0503 e. The van der Waals surface area contributed by atoms with E-state index in [0.717, 1.165) is 15.4 Å². The number of benzene rings is 2. The highest BCUT2D eigenvalue weighted by Gasteiger charge is 2.13. The minimum Gasteiger partial charge on any atom is -0.271 e. The fourth-order valence-electron chi connectivity index (χ4n) is 2.10. The van der Waals surface area contributed by atoms with Gasteiger partial charge < -0.3 is 0 Å². The summed E-state index contributed by atoms with van der Waals surface area (Å²) in [5.41, 5.74) is 6.63. The molecule has 2 aromatic carbocycles. The van der Waals surface area contributed by atoms with Crippen molar-refractivity contribution < 1.29 is 0 Å². The van der Waals surface area contributed by atoms with Crippen molar-refractivity contribution in [1.82, 2.24) is 5.43 Å². The minimum atomic E-state index is 0.110. The second-order valence-corrected chi connectivity index (χ2v) is 6.38. The lowest BCUT2D eigenvalue weighted by Gasteiger charge is -2.19. The molecule has 0 bridgehead atoms. The standard InChI is InChI=1S/C15H16Br2N2/c1-10-2-5-13(17)9-14(10)15(19-18)8-11-3-6-12(16)7-4-11/h2-7,9,15,19H,8,18H2,1H3. The van der Waals surface area contributed by atoms with E-state index in [0.29, 0.717) is 0 Å². The largest absolute Gasteiger partial charge is 0.271 e. The Morgan fingerprint density at radius 2 is 1.68 bits per heavy atom. The second-order valence-electron chi connectivity index (χ2n) is 4.55. The summed E-state index contributed by atoms with van der Waals surface area (Å²) in [4.78, 5) is 0. The van der Waals surface area contributed by atoms with E-state index >= 15 is 0 Å². The normalized spacial score (nSPS) is 12.4. The molecule has 0 aromatic heterocycles. The fraction of sp³-hybridized carbons (Fsp3) is 0.200. The van der Waals surface area contributed by atoms with Crippen LogP contribution in [0.2, 0.25) is 0 Å². The lowest BCUT2D eigenvalue weighted by molar-refractivity contribution is 0.549. The molecule has 2 aromatic rings. The molecule has 4 heteroatoms. The van der Waals surface area contributed by atoms with Gasteiger partial charge in [-0.2, -0.15) is 0 Å². The van der Waals surface area contributed by atoms with E-state index in [4.69, 9.17) is 5.84 Å². The molecule has 100 valence electrons. The van der Waals surface area contributed by atoms with Crippen LogP contribution < -0.4 is 11.3 Å². The lowest BCUT2D eigenvalue weighted by atomic mass is 9.96. The monoisotopic (exact) mass is 382 g/mol. The Labute approximate surface area is 130 Å². The molecule has 0 radical (unpaired) electrons. The van der Waals surface area contributed by atoms with Crippen molar-refractivity contribution in [2.45, 2.75) is 19.4 Å². The summed E-state index contributed by atoms with van der Waals surface area (Å²) < 4.78 is 2.16. The Hall–Kier alpha value is -0.680. The number of aryl methyl sites for hydroxylation is 1. The Bertz CT molecular complexity index is 553. The summed E-state index contributed by atoms with van der Waals surface area (Å²) in [7, 11) is 0. The number of hydrogen-bond acceptors (Lipinski definition) is 2. The average molecular weight is 384 g/mol. The zero-order valence-corrected chi connectivity index (χ0v) is 13.8. The predicted octanol–water partition coefficient (Wildman–Crippen LogP) is 4.27. The first-order valence-electron chi connectivity index (χ1n) is 6.07. The third-order valence-corrected chi connectivity index (χ3v) is 4.19. The van der Waals surface area contributed by atoms with Crippen molar-refractivity contribution in [3.63, 3.8) is 0 Å². The first kappa shape index (κ1) is 14.7. The zero-order chi connectivity index (χ0) is 13.8.